The Kier molecular flexibility index (Phi) is 6.84. The van der Waals surface area contributed by atoms with Crippen LogP contribution >= 0.6 is 12.4 Å². The van der Waals surface area contributed by atoms with Gasteiger partial charge in [0.15, 0.2) is 9.84 Å². The molecule has 2 N–H and O–H groups in total. The van der Waals surface area contributed by atoms with E-state index in [1.54, 1.807) is 12.1 Å². The van der Waals surface area contributed by atoms with Gasteiger partial charge in [-0.15, -0.1) is 12.4 Å². The van der Waals surface area contributed by atoms with Crippen molar-refractivity contribution in [2.75, 3.05) is 19.3 Å². The number of piperidine rings is 1. The van der Waals surface area contributed by atoms with E-state index in [0.29, 0.717) is 11.5 Å². The Balaban J connectivity index is 0.00000242. The number of hydrogen-bond acceptors (Lipinski definition) is 4. The topological polar surface area (TPSA) is 75.3 Å². The van der Waals surface area contributed by atoms with Crippen molar-refractivity contribution in [1.82, 2.24) is 10.6 Å². The van der Waals surface area contributed by atoms with Crippen LogP contribution in [0.2, 0.25) is 0 Å². The maximum Gasteiger partial charge on any atom is 0.251 e. The zero-order valence-electron chi connectivity index (χ0n) is 12.8. The van der Waals surface area contributed by atoms with Crippen LogP contribution in [-0.4, -0.2) is 39.7 Å². The van der Waals surface area contributed by atoms with E-state index in [4.69, 9.17) is 0 Å². The van der Waals surface area contributed by atoms with Crippen LogP contribution in [0.15, 0.2) is 29.2 Å². The van der Waals surface area contributed by atoms with Gasteiger partial charge in [-0.2, -0.15) is 0 Å². The quantitative estimate of drug-likeness (QED) is 0.869. The second-order valence-corrected chi connectivity index (χ2v) is 7.68. The molecule has 1 fully saturated rings. The maximum atomic E-state index is 12.2. The number of nitrogens with one attached hydrogen (secondary N) is 2. The molecule has 1 aliphatic heterocycles. The van der Waals surface area contributed by atoms with Gasteiger partial charge in [-0.1, -0.05) is 0 Å². The van der Waals surface area contributed by atoms with Gasteiger partial charge in [0.1, 0.15) is 0 Å². The summed E-state index contributed by atoms with van der Waals surface area (Å²) in [6, 6.07) is 6.14. The molecule has 1 aromatic rings. The zero-order chi connectivity index (χ0) is 15.5. The fourth-order valence-corrected chi connectivity index (χ4v) is 3.20. The molecular formula is C15H23ClN2O3S. The lowest BCUT2D eigenvalue weighted by atomic mass is 9.92. The predicted octanol–water partition coefficient (Wildman–Crippen LogP) is 1.63. The van der Waals surface area contributed by atoms with Crippen molar-refractivity contribution in [1.29, 1.82) is 0 Å². The van der Waals surface area contributed by atoms with Crippen molar-refractivity contribution in [3.63, 3.8) is 0 Å². The standard InChI is InChI=1S/C15H22N2O3S.ClH/c1-11(13-4-3-9-16-10-13)17-15(18)12-5-7-14(8-6-12)21(2,19)20;/h5-8,11,13,16H,3-4,9-10H2,1-2H3,(H,17,18);1H. The van der Waals surface area contributed by atoms with Crippen molar-refractivity contribution >= 4 is 28.2 Å². The van der Waals surface area contributed by atoms with E-state index in [1.807, 2.05) is 6.92 Å². The molecule has 124 valence electrons. The van der Waals surface area contributed by atoms with Gasteiger partial charge < -0.3 is 10.6 Å². The number of halogens is 1. The average Bonchev–Trinajstić information content (AvgIpc) is 2.47. The lowest BCUT2D eigenvalue weighted by molar-refractivity contribution is 0.0922. The second kappa shape index (κ2) is 7.94. The SMILES string of the molecule is CC(NC(=O)c1ccc(S(C)(=O)=O)cc1)C1CCCNC1.Cl. The number of rotatable bonds is 4. The first-order valence-electron chi connectivity index (χ1n) is 7.19. The average molecular weight is 347 g/mol. The summed E-state index contributed by atoms with van der Waals surface area (Å²) in [6.07, 6.45) is 3.40. The molecule has 22 heavy (non-hydrogen) atoms. The Morgan fingerprint density at radius 3 is 2.45 bits per heavy atom. The minimum atomic E-state index is -3.23. The lowest BCUT2D eigenvalue weighted by Crippen LogP contribution is -2.44. The molecule has 1 heterocycles. The number of amides is 1. The van der Waals surface area contributed by atoms with E-state index in [1.165, 1.54) is 12.1 Å². The molecule has 1 aromatic carbocycles. The van der Waals surface area contributed by atoms with Gasteiger partial charge in [-0.05, 0) is 63.0 Å². The summed E-state index contributed by atoms with van der Waals surface area (Å²) in [4.78, 5) is 12.4. The molecule has 0 saturated carbocycles. The molecule has 2 atom stereocenters. The van der Waals surface area contributed by atoms with E-state index in [-0.39, 0.29) is 29.3 Å². The zero-order valence-corrected chi connectivity index (χ0v) is 14.5. The van der Waals surface area contributed by atoms with Gasteiger partial charge in [0.2, 0.25) is 0 Å². The van der Waals surface area contributed by atoms with Crippen molar-refractivity contribution < 1.29 is 13.2 Å². The Hall–Kier alpha value is -1.11. The van der Waals surface area contributed by atoms with Gasteiger partial charge >= 0.3 is 0 Å². The number of carbonyl (C=O) groups is 1. The van der Waals surface area contributed by atoms with E-state index in [2.05, 4.69) is 10.6 Å². The van der Waals surface area contributed by atoms with E-state index in [0.717, 1.165) is 32.2 Å². The Labute approximate surface area is 138 Å². The third-order valence-corrected chi connectivity index (χ3v) is 5.07. The summed E-state index contributed by atoms with van der Waals surface area (Å²) in [5.74, 6) is 0.283. The van der Waals surface area contributed by atoms with Gasteiger partial charge in [0.05, 0.1) is 4.90 Å². The van der Waals surface area contributed by atoms with Crippen LogP contribution in [0, 0.1) is 5.92 Å². The molecule has 1 amide bonds. The third-order valence-electron chi connectivity index (χ3n) is 3.95. The van der Waals surface area contributed by atoms with Crippen LogP contribution < -0.4 is 10.6 Å². The van der Waals surface area contributed by atoms with Crippen molar-refractivity contribution in [2.24, 2.45) is 5.92 Å². The summed E-state index contributed by atoms with van der Waals surface area (Å²) in [5.41, 5.74) is 0.484. The molecular weight excluding hydrogens is 324 g/mol. The number of benzene rings is 1. The summed E-state index contributed by atoms with van der Waals surface area (Å²) in [5, 5.41) is 6.33. The Morgan fingerprint density at radius 2 is 1.95 bits per heavy atom. The maximum absolute atomic E-state index is 12.2. The molecule has 2 rings (SSSR count). The molecule has 0 spiro atoms. The highest BCUT2D eigenvalue weighted by molar-refractivity contribution is 7.90. The number of sulfone groups is 1. The first-order valence-corrected chi connectivity index (χ1v) is 9.09. The van der Waals surface area contributed by atoms with E-state index < -0.39 is 9.84 Å². The van der Waals surface area contributed by atoms with E-state index >= 15 is 0 Å². The summed E-state index contributed by atoms with van der Waals surface area (Å²) >= 11 is 0. The fraction of sp³-hybridized carbons (Fsp3) is 0.533. The van der Waals surface area contributed by atoms with Gasteiger partial charge in [0, 0.05) is 17.9 Å². The second-order valence-electron chi connectivity index (χ2n) is 5.67. The largest absolute Gasteiger partial charge is 0.349 e. The summed E-state index contributed by atoms with van der Waals surface area (Å²) in [7, 11) is -3.23. The van der Waals surface area contributed by atoms with Crippen LogP contribution in [0.3, 0.4) is 0 Å². The third kappa shape index (κ3) is 4.97. The lowest BCUT2D eigenvalue weighted by Gasteiger charge is -2.28. The monoisotopic (exact) mass is 346 g/mol. The van der Waals surface area contributed by atoms with Gasteiger partial charge in [-0.3, -0.25) is 4.79 Å². The summed E-state index contributed by atoms with van der Waals surface area (Å²) in [6.45, 7) is 3.99. The first-order chi connectivity index (χ1) is 9.88. The van der Waals surface area contributed by atoms with Crippen LogP contribution in [0.4, 0.5) is 0 Å². The van der Waals surface area contributed by atoms with Crippen molar-refractivity contribution in [3.8, 4) is 0 Å². The van der Waals surface area contributed by atoms with Crippen molar-refractivity contribution in [3.05, 3.63) is 29.8 Å². The van der Waals surface area contributed by atoms with Gasteiger partial charge in [0.25, 0.3) is 5.91 Å². The molecule has 0 radical (unpaired) electrons. The minimum absolute atomic E-state index is 0. The Bertz CT molecular complexity index is 596. The highest BCUT2D eigenvalue weighted by Crippen LogP contribution is 2.15. The molecule has 0 aromatic heterocycles. The number of hydrogen-bond donors (Lipinski definition) is 2. The first kappa shape index (κ1) is 18.9. The Morgan fingerprint density at radius 1 is 1.32 bits per heavy atom. The smallest absolute Gasteiger partial charge is 0.251 e. The van der Waals surface area contributed by atoms with Crippen LogP contribution in [0.25, 0.3) is 0 Å². The van der Waals surface area contributed by atoms with E-state index in [9.17, 15) is 13.2 Å². The fourth-order valence-electron chi connectivity index (χ4n) is 2.57. The molecule has 1 aliphatic rings. The van der Waals surface area contributed by atoms with Crippen LogP contribution in [0.5, 0.6) is 0 Å². The van der Waals surface area contributed by atoms with Gasteiger partial charge in [-0.25, -0.2) is 8.42 Å². The molecule has 0 aliphatic carbocycles. The molecule has 5 nitrogen and oxygen atoms in total. The predicted molar refractivity (Wildman–Crippen MR) is 89.3 cm³/mol. The van der Waals surface area contributed by atoms with Crippen molar-refractivity contribution in [2.45, 2.75) is 30.7 Å². The minimum Gasteiger partial charge on any atom is -0.349 e. The highest BCUT2D eigenvalue weighted by atomic mass is 35.5. The van der Waals surface area contributed by atoms with Crippen LogP contribution in [-0.2, 0) is 9.84 Å². The molecule has 2 unspecified atom stereocenters. The molecule has 7 heteroatoms. The summed E-state index contributed by atoms with van der Waals surface area (Å²) < 4.78 is 22.8. The molecule has 1 saturated heterocycles. The molecule has 0 bridgehead atoms. The normalized spacial score (nSPS) is 19.8. The highest BCUT2D eigenvalue weighted by Gasteiger charge is 2.21. The number of carbonyl (C=O) groups excluding carboxylic acids is 1. The van der Waals surface area contributed by atoms with Crippen LogP contribution in [0.1, 0.15) is 30.1 Å².